The fourth-order valence-electron chi connectivity index (χ4n) is 1.53. The summed E-state index contributed by atoms with van der Waals surface area (Å²) in [4.78, 5) is 11.0. The van der Waals surface area contributed by atoms with Crippen molar-refractivity contribution < 1.29 is 19.0 Å². The third-order valence-corrected chi connectivity index (χ3v) is 2.50. The molecular weight excluding hydrogens is 244 g/mol. The number of hydrogen-bond acceptors (Lipinski definition) is 4. The number of rotatable bonds is 7. The van der Waals surface area contributed by atoms with E-state index in [1.807, 2.05) is 32.0 Å². The molecule has 0 bridgehead atoms. The van der Waals surface area contributed by atoms with Gasteiger partial charge < -0.3 is 14.2 Å². The van der Waals surface area contributed by atoms with E-state index in [0.717, 1.165) is 16.9 Å². The molecule has 104 valence electrons. The fourth-order valence-corrected chi connectivity index (χ4v) is 1.53. The predicted molar refractivity (Wildman–Crippen MR) is 74.2 cm³/mol. The van der Waals surface area contributed by atoms with Crippen LogP contribution < -0.4 is 4.74 Å². The Bertz CT molecular complexity index is 438. The van der Waals surface area contributed by atoms with E-state index >= 15 is 0 Å². The van der Waals surface area contributed by atoms with Crippen LogP contribution in [0.1, 0.15) is 18.1 Å². The van der Waals surface area contributed by atoms with Gasteiger partial charge in [-0.2, -0.15) is 0 Å². The standard InChI is InChI=1S/C15H20O4/c1-4-18-9-10-19-14-7-5-13(11-12(14)2)6-8-15(16)17-3/h5-8,11H,4,9-10H2,1-3H3/b8-6+. The fraction of sp³-hybridized carbons (Fsp3) is 0.400. The van der Waals surface area contributed by atoms with Crippen molar-refractivity contribution in [2.75, 3.05) is 26.9 Å². The molecule has 0 radical (unpaired) electrons. The van der Waals surface area contributed by atoms with Gasteiger partial charge in [-0.25, -0.2) is 4.79 Å². The quantitative estimate of drug-likeness (QED) is 0.431. The Morgan fingerprint density at radius 3 is 2.74 bits per heavy atom. The second-order valence-electron chi connectivity index (χ2n) is 3.93. The molecule has 1 aromatic carbocycles. The van der Waals surface area contributed by atoms with Gasteiger partial charge in [0, 0.05) is 12.7 Å². The van der Waals surface area contributed by atoms with Crippen molar-refractivity contribution in [2.45, 2.75) is 13.8 Å². The van der Waals surface area contributed by atoms with Crippen molar-refractivity contribution in [3.05, 3.63) is 35.4 Å². The van der Waals surface area contributed by atoms with Crippen molar-refractivity contribution >= 4 is 12.0 Å². The number of hydrogen-bond donors (Lipinski definition) is 0. The average Bonchev–Trinajstić information content (AvgIpc) is 2.42. The van der Waals surface area contributed by atoms with Crippen LogP contribution in [0.3, 0.4) is 0 Å². The molecule has 4 heteroatoms. The van der Waals surface area contributed by atoms with Gasteiger partial charge >= 0.3 is 5.97 Å². The monoisotopic (exact) mass is 264 g/mol. The molecule has 0 amide bonds. The molecule has 4 nitrogen and oxygen atoms in total. The molecule has 0 aliphatic heterocycles. The molecule has 1 rings (SSSR count). The van der Waals surface area contributed by atoms with Gasteiger partial charge in [-0.15, -0.1) is 0 Å². The van der Waals surface area contributed by atoms with Crippen molar-refractivity contribution in [3.8, 4) is 5.75 Å². The molecule has 19 heavy (non-hydrogen) atoms. The molecule has 1 aromatic rings. The van der Waals surface area contributed by atoms with E-state index in [1.54, 1.807) is 6.08 Å². The Kier molecular flexibility index (Phi) is 6.68. The molecule has 0 atom stereocenters. The highest BCUT2D eigenvalue weighted by Gasteiger charge is 2.00. The van der Waals surface area contributed by atoms with Crippen LogP contribution in [-0.2, 0) is 14.3 Å². The lowest BCUT2D eigenvalue weighted by Gasteiger charge is -2.09. The van der Waals surface area contributed by atoms with Gasteiger partial charge in [0.05, 0.1) is 13.7 Å². The first-order valence-corrected chi connectivity index (χ1v) is 6.24. The van der Waals surface area contributed by atoms with Crippen LogP contribution in [0, 0.1) is 6.92 Å². The smallest absolute Gasteiger partial charge is 0.330 e. The minimum absolute atomic E-state index is 0.366. The average molecular weight is 264 g/mol. The first kappa shape index (κ1) is 15.2. The first-order chi connectivity index (χ1) is 9.17. The maximum Gasteiger partial charge on any atom is 0.330 e. The van der Waals surface area contributed by atoms with Crippen molar-refractivity contribution in [2.24, 2.45) is 0 Å². The molecule has 0 unspecified atom stereocenters. The second kappa shape index (κ2) is 8.32. The Morgan fingerprint density at radius 2 is 2.11 bits per heavy atom. The van der Waals surface area contributed by atoms with Crippen molar-refractivity contribution in [1.29, 1.82) is 0 Å². The van der Waals surface area contributed by atoms with E-state index in [1.165, 1.54) is 13.2 Å². The molecule has 0 spiro atoms. The van der Waals surface area contributed by atoms with Gasteiger partial charge in [0.25, 0.3) is 0 Å². The normalized spacial score (nSPS) is 10.7. The molecule has 0 saturated heterocycles. The van der Waals surface area contributed by atoms with Crippen LogP contribution in [0.15, 0.2) is 24.3 Å². The highest BCUT2D eigenvalue weighted by atomic mass is 16.5. The topological polar surface area (TPSA) is 44.8 Å². The van der Waals surface area contributed by atoms with Gasteiger partial charge in [0.2, 0.25) is 0 Å². The zero-order chi connectivity index (χ0) is 14.1. The number of methoxy groups -OCH3 is 1. The zero-order valence-electron chi connectivity index (χ0n) is 11.6. The van der Waals surface area contributed by atoms with Crippen LogP contribution >= 0.6 is 0 Å². The van der Waals surface area contributed by atoms with Crippen molar-refractivity contribution in [3.63, 3.8) is 0 Å². The summed E-state index contributed by atoms with van der Waals surface area (Å²) in [6, 6.07) is 5.73. The van der Waals surface area contributed by atoms with E-state index in [2.05, 4.69) is 4.74 Å². The Labute approximate surface area is 114 Å². The second-order valence-corrected chi connectivity index (χ2v) is 3.93. The zero-order valence-corrected chi connectivity index (χ0v) is 11.6. The van der Waals surface area contributed by atoms with Gasteiger partial charge in [-0.05, 0) is 43.2 Å². The van der Waals surface area contributed by atoms with E-state index in [4.69, 9.17) is 9.47 Å². The summed E-state index contributed by atoms with van der Waals surface area (Å²) in [6.45, 7) is 5.73. The lowest BCUT2D eigenvalue weighted by atomic mass is 10.1. The lowest BCUT2D eigenvalue weighted by molar-refractivity contribution is -0.134. The summed E-state index contributed by atoms with van der Waals surface area (Å²) >= 11 is 0. The Morgan fingerprint density at radius 1 is 1.32 bits per heavy atom. The molecule has 0 aliphatic carbocycles. The van der Waals surface area contributed by atoms with E-state index < -0.39 is 0 Å². The van der Waals surface area contributed by atoms with Gasteiger partial charge in [-0.3, -0.25) is 0 Å². The molecular formula is C15H20O4. The maximum absolute atomic E-state index is 11.0. The summed E-state index contributed by atoms with van der Waals surface area (Å²) in [5, 5.41) is 0. The van der Waals surface area contributed by atoms with Crippen molar-refractivity contribution in [1.82, 2.24) is 0 Å². The summed E-state index contributed by atoms with van der Waals surface area (Å²) in [5.74, 6) is 0.463. The van der Waals surface area contributed by atoms with Crippen LogP contribution in [0.5, 0.6) is 5.75 Å². The molecule has 0 N–H and O–H groups in total. The molecule has 0 saturated carbocycles. The summed E-state index contributed by atoms with van der Waals surface area (Å²) in [6.07, 6.45) is 3.10. The van der Waals surface area contributed by atoms with Gasteiger partial charge in [-0.1, -0.05) is 6.07 Å². The van der Waals surface area contributed by atoms with Gasteiger partial charge in [0.1, 0.15) is 12.4 Å². The SMILES string of the molecule is CCOCCOc1ccc(/C=C/C(=O)OC)cc1C. The molecule has 0 fully saturated rings. The minimum Gasteiger partial charge on any atom is -0.491 e. The highest BCUT2D eigenvalue weighted by Crippen LogP contribution is 2.19. The largest absolute Gasteiger partial charge is 0.491 e. The molecule has 0 heterocycles. The van der Waals surface area contributed by atoms with Crippen LogP contribution in [0.25, 0.3) is 6.08 Å². The summed E-state index contributed by atoms with van der Waals surface area (Å²) in [7, 11) is 1.35. The van der Waals surface area contributed by atoms with Crippen LogP contribution in [0.2, 0.25) is 0 Å². The number of ether oxygens (including phenoxy) is 3. The number of esters is 1. The maximum atomic E-state index is 11.0. The highest BCUT2D eigenvalue weighted by molar-refractivity contribution is 5.86. The van der Waals surface area contributed by atoms with E-state index in [0.29, 0.717) is 19.8 Å². The third kappa shape index (κ3) is 5.57. The third-order valence-electron chi connectivity index (χ3n) is 2.50. The number of benzene rings is 1. The van der Waals surface area contributed by atoms with E-state index in [-0.39, 0.29) is 5.97 Å². The van der Waals surface area contributed by atoms with Crippen LogP contribution in [0.4, 0.5) is 0 Å². The first-order valence-electron chi connectivity index (χ1n) is 6.24. The number of aryl methyl sites for hydroxylation is 1. The van der Waals surface area contributed by atoms with Crippen LogP contribution in [-0.4, -0.2) is 32.9 Å². The van der Waals surface area contributed by atoms with E-state index in [9.17, 15) is 4.79 Å². The van der Waals surface area contributed by atoms with Gasteiger partial charge in [0.15, 0.2) is 0 Å². The summed E-state index contributed by atoms with van der Waals surface area (Å²) < 4.78 is 15.3. The Balaban J connectivity index is 2.59. The Hall–Kier alpha value is -1.81. The predicted octanol–water partition coefficient (Wildman–Crippen LogP) is 2.60. The summed E-state index contributed by atoms with van der Waals surface area (Å²) in [5.41, 5.74) is 1.95. The molecule has 0 aliphatic rings. The lowest BCUT2D eigenvalue weighted by Crippen LogP contribution is -2.07. The number of carbonyl (C=O) groups is 1. The minimum atomic E-state index is -0.366. The molecule has 0 aromatic heterocycles. The number of carbonyl (C=O) groups excluding carboxylic acids is 1.